The molecular weight excluding hydrogens is 481 g/mol. The Labute approximate surface area is 241 Å². The van der Waals surface area contributed by atoms with Crippen LogP contribution >= 0.6 is 0 Å². The first-order valence-electron chi connectivity index (χ1n) is 17.2. The van der Waals surface area contributed by atoms with Crippen molar-refractivity contribution < 1.29 is 21.1 Å². The van der Waals surface area contributed by atoms with Gasteiger partial charge in [-0.2, -0.15) is 0 Å². The molecule has 2 heterocycles. The van der Waals surface area contributed by atoms with Crippen LogP contribution in [0.3, 0.4) is 0 Å². The summed E-state index contributed by atoms with van der Waals surface area (Å²) in [5, 5.41) is 1.13. The van der Waals surface area contributed by atoms with Crippen LogP contribution in [-0.2, 0) is 6.37 Å². The van der Waals surface area contributed by atoms with Gasteiger partial charge in [0.2, 0.25) is 0 Å². The minimum Gasteiger partial charge on any atom is -0.455 e. The van der Waals surface area contributed by atoms with Crippen molar-refractivity contribution in [3.63, 3.8) is 0 Å². The minimum atomic E-state index is -2.82. The number of furan rings is 1. The summed E-state index contributed by atoms with van der Waals surface area (Å²) in [7, 11) is 0. The van der Waals surface area contributed by atoms with Crippen LogP contribution in [0.25, 0.3) is 55.4 Å². The third-order valence-electron chi connectivity index (χ3n) is 6.56. The molecule has 6 rings (SSSR count). The molecule has 0 amide bonds. The molecule has 0 saturated heterocycles. The number of pyridine rings is 1. The highest BCUT2D eigenvalue weighted by atomic mass is 19.1. The van der Waals surface area contributed by atoms with Crippen LogP contribution in [0.15, 0.2) is 95.5 Å². The molecule has 0 atom stereocenters. The fraction of sp³-hybridized carbons (Fsp3) is 0.194. The summed E-state index contributed by atoms with van der Waals surface area (Å²) < 4.78 is 97.8. The van der Waals surface area contributed by atoms with Crippen molar-refractivity contribution in [2.24, 2.45) is 5.41 Å². The maximum atomic E-state index is 15.0. The van der Waals surface area contributed by atoms with Gasteiger partial charge in [-0.1, -0.05) is 81.4 Å². The molecule has 0 saturated carbocycles. The van der Waals surface area contributed by atoms with E-state index in [0.717, 1.165) is 11.8 Å². The maximum absolute atomic E-state index is 15.0. The van der Waals surface area contributed by atoms with Gasteiger partial charge >= 0.3 is 0 Å². The number of aryl methyl sites for hydroxylation is 2. The number of halogens is 1. The molecule has 4 aromatic carbocycles. The average molecular weight is 523 g/mol. The van der Waals surface area contributed by atoms with E-state index in [1.165, 1.54) is 30.3 Å². The fourth-order valence-electron chi connectivity index (χ4n) is 4.93. The van der Waals surface area contributed by atoms with E-state index >= 15 is 0 Å². The van der Waals surface area contributed by atoms with Gasteiger partial charge in [0.15, 0.2) is 0 Å². The lowest BCUT2D eigenvalue weighted by molar-refractivity contribution is 0.411. The van der Waals surface area contributed by atoms with Crippen LogP contribution in [0.2, 0.25) is 0 Å². The molecule has 0 bridgehead atoms. The largest absolute Gasteiger partial charge is 0.455 e. The smallest absolute Gasteiger partial charge is 0.144 e. The summed E-state index contributed by atoms with van der Waals surface area (Å²) in [5.41, 5.74) is 1.10. The van der Waals surface area contributed by atoms with Crippen molar-refractivity contribution in [3.8, 4) is 33.5 Å². The van der Waals surface area contributed by atoms with Gasteiger partial charge in [0.25, 0.3) is 0 Å². The summed E-state index contributed by atoms with van der Waals surface area (Å²) >= 11 is 0. The van der Waals surface area contributed by atoms with Gasteiger partial charge in [-0.15, -0.1) is 0 Å². The van der Waals surface area contributed by atoms with E-state index in [4.69, 9.17) is 16.8 Å². The molecule has 0 unspecified atom stereocenters. The van der Waals surface area contributed by atoms with E-state index < -0.39 is 31.3 Å². The Bertz CT molecular complexity index is 2190. The highest BCUT2D eigenvalue weighted by Crippen LogP contribution is 2.41. The molecule has 0 aliphatic heterocycles. The highest BCUT2D eigenvalue weighted by molar-refractivity contribution is 6.13. The van der Waals surface area contributed by atoms with Gasteiger partial charge in [0.05, 0.1) is 7.06 Å². The van der Waals surface area contributed by atoms with Crippen LogP contribution in [0, 0.1) is 24.9 Å². The predicted molar refractivity (Wildman–Crippen MR) is 160 cm³/mol. The van der Waals surface area contributed by atoms with Gasteiger partial charge in [-0.05, 0) is 83.1 Å². The molecule has 0 aliphatic carbocycles. The molecule has 194 valence electrons. The van der Waals surface area contributed by atoms with E-state index in [-0.39, 0.29) is 39.6 Å². The fourth-order valence-corrected chi connectivity index (χ4v) is 4.93. The number of hydrogen-bond donors (Lipinski definition) is 0. The van der Waals surface area contributed by atoms with Crippen LogP contribution in [0.5, 0.6) is 0 Å². The van der Waals surface area contributed by atoms with Gasteiger partial charge in [-0.25, -0.2) is 4.39 Å². The first-order chi connectivity index (χ1) is 22.3. The second kappa shape index (κ2) is 9.50. The van der Waals surface area contributed by atoms with Crippen molar-refractivity contribution in [1.29, 1.82) is 0 Å². The molecule has 0 radical (unpaired) electrons. The molecule has 0 fully saturated rings. The topological polar surface area (TPSA) is 26.0 Å². The number of para-hydroxylation sites is 1. The minimum absolute atomic E-state index is 0.00749. The summed E-state index contributed by atoms with van der Waals surface area (Å²) in [6.45, 7) is -0.515. The third kappa shape index (κ3) is 4.74. The van der Waals surface area contributed by atoms with Gasteiger partial charge in [0.1, 0.15) is 17.0 Å². The van der Waals surface area contributed by atoms with Gasteiger partial charge in [-0.3, -0.25) is 4.98 Å². The van der Waals surface area contributed by atoms with E-state index in [1.807, 2.05) is 30.3 Å². The SMILES string of the molecule is [2H]c1cc(C([2H])([2H])C(C)(C)C)cc(C([2H])([2H])[2H])c1-c1cc(-c2cccc3c2oc2c(-c4ccccc4)cc(F)cc23)ncc1C([2H])([2H])[2H]. The van der Waals surface area contributed by atoms with E-state index in [1.54, 1.807) is 39.0 Å². The zero-order chi connectivity index (χ0) is 35.0. The Hall–Kier alpha value is -4.24. The zero-order valence-corrected chi connectivity index (χ0v) is 21.8. The lowest BCUT2D eigenvalue weighted by Crippen LogP contribution is -2.09. The first-order valence-corrected chi connectivity index (χ1v) is 12.7. The Kier molecular flexibility index (Phi) is 4.06. The van der Waals surface area contributed by atoms with Crippen molar-refractivity contribution >= 4 is 21.9 Å². The zero-order valence-electron chi connectivity index (χ0n) is 30.8. The third-order valence-corrected chi connectivity index (χ3v) is 6.56. The molecule has 0 spiro atoms. The van der Waals surface area contributed by atoms with Crippen molar-refractivity contribution in [3.05, 3.63) is 114 Å². The van der Waals surface area contributed by atoms with E-state index in [2.05, 4.69) is 4.98 Å². The second-order valence-electron chi connectivity index (χ2n) is 10.6. The Morgan fingerprint density at radius 2 is 1.62 bits per heavy atom. The van der Waals surface area contributed by atoms with Gasteiger partial charge < -0.3 is 4.42 Å². The normalized spacial score (nSPS) is 16.4. The molecule has 0 aliphatic rings. The number of hydrogen-bond acceptors (Lipinski definition) is 2. The second-order valence-corrected chi connectivity index (χ2v) is 10.6. The summed E-state index contributed by atoms with van der Waals surface area (Å²) in [4.78, 5) is 4.47. The number of rotatable bonds is 4. The standard InChI is InChI=1S/C36H32FNO/c1-22-16-24(20-36(3,4)5)14-15-27(22)30-19-33(38-21-23(30)2)29-13-9-12-28-32-18-26(37)17-31(35(32)39-34(28)29)25-10-7-6-8-11-25/h6-19,21H,20H2,1-5H3/i1D3,2D3,15D,20D2. The summed E-state index contributed by atoms with van der Waals surface area (Å²) in [6.07, 6.45) is -0.855. The molecule has 39 heavy (non-hydrogen) atoms. The van der Waals surface area contributed by atoms with Crippen LogP contribution in [-0.4, -0.2) is 4.98 Å². The summed E-state index contributed by atoms with van der Waals surface area (Å²) in [5.74, 6) is -0.448. The lowest BCUT2D eigenvalue weighted by atomic mass is 9.86. The quantitative estimate of drug-likeness (QED) is 0.230. The number of benzene rings is 4. The van der Waals surface area contributed by atoms with Crippen molar-refractivity contribution in [2.45, 2.75) is 40.8 Å². The molecule has 3 heteroatoms. The Morgan fingerprint density at radius 3 is 2.38 bits per heavy atom. The van der Waals surface area contributed by atoms with Gasteiger partial charge in [0, 0.05) is 39.1 Å². The van der Waals surface area contributed by atoms with E-state index in [0.29, 0.717) is 33.1 Å². The average Bonchev–Trinajstić information content (AvgIpc) is 3.37. The molecule has 2 aromatic heterocycles. The van der Waals surface area contributed by atoms with Crippen molar-refractivity contribution in [1.82, 2.24) is 4.98 Å². The maximum Gasteiger partial charge on any atom is 0.144 e. The van der Waals surface area contributed by atoms with Crippen LogP contribution in [0.1, 0.15) is 49.8 Å². The molecule has 2 nitrogen and oxygen atoms in total. The Balaban J connectivity index is 1.64. The Morgan fingerprint density at radius 1 is 0.821 bits per heavy atom. The van der Waals surface area contributed by atoms with E-state index in [9.17, 15) is 4.39 Å². The van der Waals surface area contributed by atoms with Crippen molar-refractivity contribution in [2.75, 3.05) is 0 Å². The van der Waals surface area contributed by atoms with Crippen LogP contribution in [0.4, 0.5) is 4.39 Å². The number of aromatic nitrogens is 1. The number of nitrogens with zero attached hydrogens (tertiary/aromatic N) is 1. The highest BCUT2D eigenvalue weighted by Gasteiger charge is 2.19. The van der Waals surface area contributed by atoms with Crippen LogP contribution < -0.4 is 0 Å². The first kappa shape index (κ1) is 16.7. The summed E-state index contributed by atoms with van der Waals surface area (Å²) in [6, 6.07) is 20.9. The molecule has 0 N–H and O–H groups in total. The number of fused-ring (bicyclic) bond motifs is 3. The lowest BCUT2D eigenvalue weighted by Gasteiger charge is -2.19. The molecule has 6 aromatic rings. The molecular formula is C36H32FNO. The predicted octanol–water partition coefficient (Wildman–Crippen LogP) is 10.3. The monoisotopic (exact) mass is 522 g/mol.